The van der Waals surface area contributed by atoms with E-state index >= 15 is 0 Å². The molecule has 31 heavy (non-hydrogen) atoms. The molecule has 1 N–H and O–H groups in total. The monoisotopic (exact) mass is 547 g/mol. The first-order chi connectivity index (χ1) is 14.8. The van der Waals surface area contributed by atoms with E-state index in [0.29, 0.717) is 26.7 Å². The summed E-state index contributed by atoms with van der Waals surface area (Å²) >= 11 is 2.00. The molecule has 5 rings (SSSR count). The van der Waals surface area contributed by atoms with Crippen LogP contribution in [-0.2, 0) is 11.3 Å². The van der Waals surface area contributed by atoms with Gasteiger partial charge in [0.1, 0.15) is 6.54 Å². The van der Waals surface area contributed by atoms with E-state index < -0.39 is 12.7 Å². The van der Waals surface area contributed by atoms with Crippen LogP contribution in [0.1, 0.15) is 38.5 Å². The number of benzene rings is 1. The van der Waals surface area contributed by atoms with Gasteiger partial charge in [-0.3, -0.25) is 4.90 Å². The van der Waals surface area contributed by atoms with E-state index in [1.54, 1.807) is 6.07 Å². The molecule has 0 atom stereocenters. The Morgan fingerprint density at radius 3 is 2.48 bits per heavy atom. The van der Waals surface area contributed by atoms with E-state index in [4.69, 9.17) is 4.74 Å². The van der Waals surface area contributed by atoms with Crippen LogP contribution in [0.5, 0.6) is 0 Å². The van der Waals surface area contributed by atoms with Crippen molar-refractivity contribution in [1.29, 1.82) is 0 Å². The molecule has 1 saturated carbocycles. The Morgan fingerprint density at radius 1 is 1.10 bits per heavy atom. The molecular formula is C23H29F3IN3O. The summed E-state index contributed by atoms with van der Waals surface area (Å²) in [6.45, 7) is 3.33. The summed E-state index contributed by atoms with van der Waals surface area (Å²) in [4.78, 5) is 2.67. The molecule has 0 bridgehead atoms. The molecule has 170 valence electrons. The molecule has 3 aliphatic rings. The third-order valence-electron chi connectivity index (χ3n) is 7.44. The highest BCUT2D eigenvalue weighted by atomic mass is 127. The second kappa shape index (κ2) is 8.41. The molecular weight excluding hydrogens is 518 g/mol. The quantitative estimate of drug-likeness (QED) is 0.503. The van der Waals surface area contributed by atoms with E-state index in [-0.39, 0.29) is 0 Å². The van der Waals surface area contributed by atoms with Gasteiger partial charge in [0.25, 0.3) is 0 Å². The van der Waals surface area contributed by atoms with Crippen molar-refractivity contribution < 1.29 is 17.9 Å². The standard InChI is InChI=1S/C23H29F3IN3O/c24-23(25,26)15-30-20-3-1-2-19(18(20)12-21(30)27)28-16-4-6-17(7-5-16)29-13-22(14-29)8-10-31-11-9-22/h1-3,12,16-17,28H,4-11,13-15H2/t16-,17-. The summed E-state index contributed by atoms with van der Waals surface area (Å²) in [5, 5.41) is 4.52. The van der Waals surface area contributed by atoms with Crippen LogP contribution in [0.15, 0.2) is 24.3 Å². The zero-order chi connectivity index (χ0) is 21.6. The minimum Gasteiger partial charge on any atom is -0.382 e. The Morgan fingerprint density at radius 2 is 1.81 bits per heavy atom. The third kappa shape index (κ3) is 4.57. The SMILES string of the molecule is FC(F)(F)Cn1c(I)cc2c(N[C@H]3CC[C@H](N4CC5(CCOCC5)C4)CC3)cccc21. The molecule has 1 aromatic heterocycles. The van der Waals surface area contributed by atoms with E-state index in [2.05, 4.69) is 10.2 Å². The van der Waals surface area contributed by atoms with Gasteiger partial charge in [-0.1, -0.05) is 6.07 Å². The first-order valence-corrected chi connectivity index (χ1v) is 12.3. The molecule has 2 aliphatic heterocycles. The van der Waals surface area contributed by atoms with Crippen LogP contribution in [0.4, 0.5) is 18.9 Å². The zero-order valence-corrected chi connectivity index (χ0v) is 19.7. The maximum absolute atomic E-state index is 13.0. The fraction of sp³-hybridized carbons (Fsp3) is 0.652. The highest BCUT2D eigenvalue weighted by molar-refractivity contribution is 14.1. The van der Waals surface area contributed by atoms with Gasteiger partial charge in [0.05, 0.1) is 9.22 Å². The number of anilines is 1. The van der Waals surface area contributed by atoms with Crippen molar-refractivity contribution in [2.45, 2.75) is 63.3 Å². The number of hydrogen-bond donors (Lipinski definition) is 1. The molecule has 3 fully saturated rings. The smallest absolute Gasteiger partial charge is 0.382 e. The first-order valence-electron chi connectivity index (χ1n) is 11.2. The van der Waals surface area contributed by atoms with Gasteiger partial charge in [-0.15, -0.1) is 0 Å². The highest BCUT2D eigenvalue weighted by Crippen LogP contribution is 2.43. The molecule has 2 saturated heterocycles. The van der Waals surface area contributed by atoms with Gasteiger partial charge in [0.2, 0.25) is 0 Å². The average molecular weight is 547 g/mol. The van der Waals surface area contributed by atoms with Gasteiger partial charge < -0.3 is 14.6 Å². The molecule has 0 radical (unpaired) electrons. The minimum atomic E-state index is -4.23. The Hall–Kier alpha value is -1.00. The number of fused-ring (bicyclic) bond motifs is 1. The topological polar surface area (TPSA) is 29.4 Å². The van der Waals surface area contributed by atoms with Crippen LogP contribution in [0.2, 0.25) is 0 Å². The normalized spacial score (nSPS) is 26.8. The predicted octanol–water partition coefficient (Wildman–Crippen LogP) is 5.64. The fourth-order valence-corrected chi connectivity index (χ4v) is 6.46. The lowest BCUT2D eigenvalue weighted by Gasteiger charge is -2.56. The average Bonchev–Trinajstić information content (AvgIpc) is 3.02. The highest BCUT2D eigenvalue weighted by Gasteiger charge is 2.46. The Balaban J connectivity index is 1.20. The number of nitrogens with one attached hydrogen (secondary N) is 1. The van der Waals surface area contributed by atoms with Crippen molar-refractivity contribution in [1.82, 2.24) is 9.47 Å². The van der Waals surface area contributed by atoms with E-state index in [1.807, 2.05) is 40.8 Å². The van der Waals surface area contributed by atoms with Gasteiger partial charge in [0, 0.05) is 54.9 Å². The number of halogens is 4. The maximum atomic E-state index is 13.0. The van der Waals surface area contributed by atoms with Crippen LogP contribution in [0, 0.1) is 9.12 Å². The molecule has 0 amide bonds. The van der Waals surface area contributed by atoms with Crippen LogP contribution < -0.4 is 5.32 Å². The number of nitrogens with zero attached hydrogens (tertiary/aromatic N) is 2. The number of likely N-dealkylation sites (tertiary alicyclic amines) is 1. The molecule has 1 spiro atoms. The van der Waals surface area contributed by atoms with E-state index in [9.17, 15) is 13.2 Å². The Labute approximate surface area is 194 Å². The third-order valence-corrected chi connectivity index (χ3v) is 8.33. The van der Waals surface area contributed by atoms with Crippen molar-refractivity contribution >= 4 is 39.2 Å². The number of rotatable bonds is 4. The second-order valence-electron chi connectivity index (χ2n) is 9.57. The van der Waals surface area contributed by atoms with Crippen molar-refractivity contribution in [3.63, 3.8) is 0 Å². The van der Waals surface area contributed by atoms with Crippen LogP contribution in [0.25, 0.3) is 10.9 Å². The number of alkyl halides is 3. The molecule has 8 heteroatoms. The van der Waals surface area contributed by atoms with Gasteiger partial charge in [-0.2, -0.15) is 13.2 Å². The van der Waals surface area contributed by atoms with Gasteiger partial charge in [-0.05, 0) is 79.3 Å². The molecule has 0 unspecified atom stereocenters. The summed E-state index contributed by atoms with van der Waals surface area (Å²) in [7, 11) is 0. The maximum Gasteiger partial charge on any atom is 0.406 e. The number of ether oxygens (including phenoxy) is 1. The largest absolute Gasteiger partial charge is 0.406 e. The summed E-state index contributed by atoms with van der Waals surface area (Å²) in [5.74, 6) is 0. The lowest BCUT2D eigenvalue weighted by Crippen LogP contribution is -2.62. The summed E-state index contributed by atoms with van der Waals surface area (Å²) in [6.07, 6.45) is 2.77. The van der Waals surface area contributed by atoms with Gasteiger partial charge in [0.15, 0.2) is 0 Å². The first kappa shape index (κ1) is 21.8. The molecule has 1 aromatic carbocycles. The van der Waals surface area contributed by atoms with Crippen molar-refractivity contribution in [3.8, 4) is 0 Å². The van der Waals surface area contributed by atoms with Crippen molar-refractivity contribution in [2.75, 3.05) is 31.6 Å². The van der Waals surface area contributed by atoms with Gasteiger partial charge in [-0.25, -0.2) is 0 Å². The van der Waals surface area contributed by atoms with Crippen molar-refractivity contribution in [2.24, 2.45) is 5.41 Å². The molecule has 1 aliphatic carbocycles. The number of aromatic nitrogens is 1. The van der Waals surface area contributed by atoms with Crippen molar-refractivity contribution in [3.05, 3.63) is 28.0 Å². The van der Waals surface area contributed by atoms with Crippen LogP contribution >= 0.6 is 22.6 Å². The lowest BCUT2D eigenvalue weighted by atomic mass is 9.71. The second-order valence-corrected chi connectivity index (χ2v) is 10.7. The van der Waals surface area contributed by atoms with Gasteiger partial charge >= 0.3 is 6.18 Å². The lowest BCUT2D eigenvalue weighted by molar-refractivity contribution is -0.140. The Bertz CT molecular complexity index is 922. The predicted molar refractivity (Wildman–Crippen MR) is 124 cm³/mol. The van der Waals surface area contributed by atoms with Crippen LogP contribution in [-0.4, -0.2) is 54.0 Å². The summed E-state index contributed by atoms with van der Waals surface area (Å²) < 4.78 is 46.5. The summed E-state index contributed by atoms with van der Waals surface area (Å²) in [5.41, 5.74) is 2.11. The van der Waals surface area contributed by atoms with E-state index in [0.717, 1.165) is 37.1 Å². The van der Waals surface area contributed by atoms with Crippen LogP contribution in [0.3, 0.4) is 0 Å². The summed E-state index contributed by atoms with van der Waals surface area (Å²) in [6, 6.07) is 8.55. The Kier molecular flexibility index (Phi) is 5.92. The number of hydrogen-bond acceptors (Lipinski definition) is 3. The fourth-order valence-electron chi connectivity index (χ4n) is 5.72. The zero-order valence-electron chi connectivity index (χ0n) is 17.6. The molecule has 2 aromatic rings. The van der Waals surface area contributed by atoms with E-state index in [1.165, 1.54) is 43.3 Å². The minimum absolute atomic E-state index is 0.379. The molecule has 3 heterocycles. The molecule has 4 nitrogen and oxygen atoms in total.